The molecule has 1 rings (SSSR count). The van der Waals surface area contributed by atoms with Crippen LogP contribution in [-0.2, 0) is 24.8 Å². The van der Waals surface area contributed by atoms with E-state index in [2.05, 4.69) is 0 Å². The molecule has 11 heteroatoms. The van der Waals surface area contributed by atoms with Crippen molar-refractivity contribution in [1.82, 2.24) is 4.31 Å². The maximum Gasteiger partial charge on any atom is 0.303 e. The molecule has 0 saturated heterocycles. The third-order valence-electron chi connectivity index (χ3n) is 3.56. The Morgan fingerprint density at radius 3 is 2.28 bits per heavy atom. The van der Waals surface area contributed by atoms with Crippen LogP contribution in [-0.4, -0.2) is 66.2 Å². The summed E-state index contributed by atoms with van der Waals surface area (Å²) in [4.78, 5) is 10.4. The minimum absolute atomic E-state index is 0.0257. The molecule has 1 aromatic rings. The molecular weight excluding hydrogens is 372 g/mol. The summed E-state index contributed by atoms with van der Waals surface area (Å²) >= 11 is 0. The first-order chi connectivity index (χ1) is 11.4. The summed E-state index contributed by atoms with van der Waals surface area (Å²) < 4.78 is 55.8. The highest BCUT2D eigenvalue weighted by Crippen LogP contribution is 2.32. The second-order valence-corrected chi connectivity index (χ2v) is 9.45. The number of methoxy groups -OCH3 is 1. The van der Waals surface area contributed by atoms with Gasteiger partial charge in [-0.25, -0.2) is 21.1 Å². The van der Waals surface area contributed by atoms with Crippen LogP contribution in [0.25, 0.3) is 0 Å². The molecule has 0 radical (unpaired) electrons. The predicted octanol–water partition coefficient (Wildman–Crippen LogP) is 0.576. The van der Waals surface area contributed by atoms with Gasteiger partial charge in [0.2, 0.25) is 20.0 Å². The molecule has 0 atom stereocenters. The Balaban J connectivity index is 3.22. The Morgan fingerprint density at radius 2 is 1.80 bits per heavy atom. The second-order valence-electron chi connectivity index (χ2n) is 5.39. The van der Waals surface area contributed by atoms with E-state index < -0.39 is 26.0 Å². The molecule has 1 N–H and O–H groups in total. The number of carboxylic acids is 1. The molecule has 0 heterocycles. The first kappa shape index (κ1) is 21.2. The van der Waals surface area contributed by atoms with Gasteiger partial charge < -0.3 is 9.84 Å². The summed E-state index contributed by atoms with van der Waals surface area (Å²) in [6.45, 7) is 0.0257. The van der Waals surface area contributed by atoms with Gasteiger partial charge in [0, 0.05) is 27.1 Å². The average molecular weight is 394 g/mol. The number of hydrogen-bond donors (Lipinski definition) is 1. The highest BCUT2D eigenvalue weighted by Gasteiger charge is 2.24. The molecule has 0 saturated carbocycles. The number of benzene rings is 1. The SMILES string of the molecule is COc1ccc(S(=O)(=O)N(C)CCCC(=O)O)cc1N(C)S(C)(=O)=O. The highest BCUT2D eigenvalue weighted by atomic mass is 32.2. The maximum absolute atomic E-state index is 12.6. The Labute approximate surface area is 147 Å². The van der Waals surface area contributed by atoms with E-state index in [0.29, 0.717) is 0 Å². The lowest BCUT2D eigenvalue weighted by Crippen LogP contribution is -2.29. The van der Waals surface area contributed by atoms with Crippen LogP contribution in [0.2, 0.25) is 0 Å². The smallest absolute Gasteiger partial charge is 0.303 e. The standard InChI is InChI=1S/C14H22N2O7S2/c1-15(9-5-6-14(17)18)25(21,22)11-7-8-13(23-3)12(10-11)16(2)24(4,19)20/h7-8,10H,5-6,9H2,1-4H3,(H,17,18). The van der Waals surface area contributed by atoms with E-state index in [9.17, 15) is 21.6 Å². The van der Waals surface area contributed by atoms with Crippen molar-refractivity contribution < 1.29 is 31.5 Å². The number of anilines is 1. The van der Waals surface area contributed by atoms with E-state index >= 15 is 0 Å². The van der Waals surface area contributed by atoms with Gasteiger partial charge >= 0.3 is 5.97 Å². The minimum Gasteiger partial charge on any atom is -0.495 e. The van der Waals surface area contributed by atoms with Crippen LogP contribution in [0, 0.1) is 0 Å². The molecule has 25 heavy (non-hydrogen) atoms. The van der Waals surface area contributed by atoms with Crippen LogP contribution >= 0.6 is 0 Å². The van der Waals surface area contributed by atoms with Crippen molar-refractivity contribution >= 4 is 31.7 Å². The van der Waals surface area contributed by atoms with Gasteiger partial charge in [-0.05, 0) is 24.6 Å². The van der Waals surface area contributed by atoms with Crippen molar-refractivity contribution in [3.8, 4) is 5.75 Å². The van der Waals surface area contributed by atoms with Crippen LogP contribution in [0.15, 0.2) is 23.1 Å². The lowest BCUT2D eigenvalue weighted by molar-refractivity contribution is -0.137. The van der Waals surface area contributed by atoms with Gasteiger partial charge in [-0.1, -0.05) is 0 Å². The van der Waals surface area contributed by atoms with Crippen molar-refractivity contribution in [2.24, 2.45) is 0 Å². The number of carbonyl (C=O) groups is 1. The summed E-state index contributed by atoms with van der Waals surface area (Å²) in [5.41, 5.74) is 0.0880. The molecule has 0 bridgehead atoms. The zero-order valence-corrected chi connectivity index (χ0v) is 16.1. The molecule has 0 aliphatic heterocycles. The molecule has 0 unspecified atom stereocenters. The Hall–Kier alpha value is -1.85. The fourth-order valence-corrected chi connectivity index (χ4v) is 3.74. The van der Waals surface area contributed by atoms with E-state index in [-0.39, 0.29) is 35.7 Å². The van der Waals surface area contributed by atoms with Gasteiger partial charge in [0.1, 0.15) is 5.75 Å². The largest absolute Gasteiger partial charge is 0.495 e. The number of sulfonamides is 2. The third kappa shape index (κ3) is 5.31. The number of carboxylic acid groups (broad SMARTS) is 1. The quantitative estimate of drug-likeness (QED) is 0.650. The first-order valence-corrected chi connectivity index (χ1v) is 10.5. The zero-order valence-electron chi connectivity index (χ0n) is 14.5. The molecule has 0 amide bonds. The van der Waals surface area contributed by atoms with Gasteiger partial charge in [0.25, 0.3) is 0 Å². The topological polar surface area (TPSA) is 121 Å². The molecule has 1 aromatic carbocycles. The van der Waals surface area contributed by atoms with E-state index in [1.165, 1.54) is 39.4 Å². The number of rotatable bonds is 9. The average Bonchev–Trinajstić information content (AvgIpc) is 2.52. The first-order valence-electron chi connectivity index (χ1n) is 7.21. The Kier molecular flexibility index (Phi) is 6.80. The van der Waals surface area contributed by atoms with Gasteiger partial charge in [-0.3, -0.25) is 9.10 Å². The van der Waals surface area contributed by atoms with Crippen LogP contribution in [0.4, 0.5) is 5.69 Å². The molecular formula is C14H22N2O7S2. The summed E-state index contributed by atoms with van der Waals surface area (Å²) in [5.74, 6) is -0.798. The lowest BCUT2D eigenvalue weighted by atomic mass is 10.3. The van der Waals surface area contributed by atoms with Gasteiger partial charge in [-0.2, -0.15) is 0 Å². The van der Waals surface area contributed by atoms with Crippen molar-refractivity contribution in [3.63, 3.8) is 0 Å². The van der Waals surface area contributed by atoms with Gasteiger partial charge in [0.15, 0.2) is 0 Å². The minimum atomic E-state index is -3.90. The molecule has 142 valence electrons. The Morgan fingerprint density at radius 1 is 1.20 bits per heavy atom. The van der Waals surface area contributed by atoms with Crippen LogP contribution in [0.5, 0.6) is 5.75 Å². The summed E-state index contributed by atoms with van der Waals surface area (Å²) in [7, 11) is -3.54. The molecule has 0 aliphatic carbocycles. The number of nitrogens with zero attached hydrogens (tertiary/aromatic N) is 2. The number of hydrogen-bond acceptors (Lipinski definition) is 6. The van der Waals surface area contributed by atoms with E-state index in [1.54, 1.807) is 0 Å². The van der Waals surface area contributed by atoms with Crippen molar-refractivity contribution in [2.75, 3.05) is 38.3 Å². The zero-order chi connectivity index (χ0) is 19.4. The lowest BCUT2D eigenvalue weighted by Gasteiger charge is -2.22. The predicted molar refractivity (Wildman–Crippen MR) is 92.9 cm³/mol. The van der Waals surface area contributed by atoms with Gasteiger partial charge in [0.05, 0.1) is 23.9 Å². The number of aliphatic carboxylic acids is 1. The summed E-state index contributed by atoms with van der Waals surface area (Å²) in [5, 5.41) is 8.63. The van der Waals surface area contributed by atoms with E-state index in [4.69, 9.17) is 9.84 Å². The molecule has 0 spiro atoms. The van der Waals surface area contributed by atoms with Crippen molar-refractivity contribution in [1.29, 1.82) is 0 Å². The Bertz CT molecular complexity index is 835. The molecule has 0 aromatic heterocycles. The van der Waals surface area contributed by atoms with E-state index in [0.717, 1.165) is 14.9 Å². The van der Waals surface area contributed by atoms with Crippen molar-refractivity contribution in [2.45, 2.75) is 17.7 Å². The molecule has 9 nitrogen and oxygen atoms in total. The van der Waals surface area contributed by atoms with Gasteiger partial charge in [-0.15, -0.1) is 0 Å². The third-order valence-corrected chi connectivity index (χ3v) is 6.60. The fraction of sp³-hybridized carbons (Fsp3) is 0.500. The van der Waals surface area contributed by atoms with Crippen LogP contribution < -0.4 is 9.04 Å². The monoisotopic (exact) mass is 394 g/mol. The van der Waals surface area contributed by atoms with E-state index in [1.807, 2.05) is 0 Å². The summed E-state index contributed by atoms with van der Waals surface area (Å²) in [6.07, 6.45) is 1.01. The maximum atomic E-state index is 12.6. The normalized spacial score (nSPS) is 12.2. The fourth-order valence-electron chi connectivity index (χ4n) is 2.01. The van der Waals surface area contributed by atoms with Crippen molar-refractivity contribution in [3.05, 3.63) is 18.2 Å². The van der Waals surface area contributed by atoms with Crippen LogP contribution in [0.3, 0.4) is 0 Å². The second kappa shape index (κ2) is 8.02. The highest BCUT2D eigenvalue weighted by molar-refractivity contribution is 7.92. The molecule has 0 aliphatic rings. The number of ether oxygens (including phenoxy) is 1. The summed E-state index contributed by atoms with van der Waals surface area (Å²) in [6, 6.07) is 3.89. The molecule has 0 fully saturated rings. The van der Waals surface area contributed by atoms with Crippen LogP contribution in [0.1, 0.15) is 12.8 Å².